The summed E-state index contributed by atoms with van der Waals surface area (Å²) in [6.45, 7) is 0. The molecule has 0 nitrogen and oxygen atoms in total. The molecule has 0 heterocycles. The van der Waals surface area contributed by atoms with Gasteiger partial charge >= 0.3 is 18.9 Å². The molecule has 0 aliphatic rings. The second-order valence-corrected chi connectivity index (χ2v) is 1.96. The zero-order chi connectivity index (χ0) is 5.82. The van der Waals surface area contributed by atoms with Crippen molar-refractivity contribution in [1.29, 1.82) is 0 Å². The summed E-state index contributed by atoms with van der Waals surface area (Å²) in [5.74, 6) is 0.834. The van der Waals surface area contributed by atoms with Gasteiger partial charge in [-0.15, -0.1) is 0 Å². The van der Waals surface area contributed by atoms with Crippen molar-refractivity contribution >= 4 is 31.5 Å². The van der Waals surface area contributed by atoms with Gasteiger partial charge in [-0.2, -0.15) is 12.6 Å². The van der Waals surface area contributed by atoms with Crippen LogP contribution in [0.15, 0.2) is 30.3 Å². The van der Waals surface area contributed by atoms with E-state index in [1.807, 2.05) is 18.2 Å². The molecule has 2 heteroatoms. The molecular formula is C7H9LiS. The normalized spacial score (nSPS) is 8.11. The van der Waals surface area contributed by atoms with Crippen LogP contribution in [0, 0.1) is 0 Å². The van der Waals surface area contributed by atoms with E-state index in [-0.39, 0.29) is 18.9 Å². The molecule has 0 amide bonds. The van der Waals surface area contributed by atoms with Crippen LogP contribution in [-0.2, 0) is 5.75 Å². The Morgan fingerprint density at radius 1 is 1.11 bits per heavy atom. The van der Waals surface area contributed by atoms with E-state index in [0.29, 0.717) is 0 Å². The maximum atomic E-state index is 4.11. The predicted octanol–water partition coefficient (Wildman–Crippen LogP) is 1.47. The van der Waals surface area contributed by atoms with Gasteiger partial charge in [0, 0.05) is 5.75 Å². The molecule has 0 atom stereocenters. The van der Waals surface area contributed by atoms with Gasteiger partial charge in [-0.25, -0.2) is 0 Å². The van der Waals surface area contributed by atoms with E-state index in [4.69, 9.17) is 0 Å². The zero-order valence-electron chi connectivity index (χ0n) is 4.54. The molecule has 0 saturated carbocycles. The van der Waals surface area contributed by atoms with Gasteiger partial charge in [0.05, 0.1) is 0 Å². The number of rotatable bonds is 1. The molecule has 0 aliphatic heterocycles. The van der Waals surface area contributed by atoms with Gasteiger partial charge in [-0.3, -0.25) is 0 Å². The van der Waals surface area contributed by atoms with Gasteiger partial charge in [-0.1, -0.05) is 30.3 Å². The molecule has 1 aromatic rings. The van der Waals surface area contributed by atoms with Gasteiger partial charge < -0.3 is 0 Å². The van der Waals surface area contributed by atoms with Crippen LogP contribution >= 0.6 is 12.6 Å². The third kappa shape index (κ3) is 3.01. The Hall–Kier alpha value is 0.167. The summed E-state index contributed by atoms with van der Waals surface area (Å²) in [6, 6.07) is 10.2. The van der Waals surface area contributed by atoms with E-state index in [1.54, 1.807) is 0 Å². The number of hydrogen-bond acceptors (Lipinski definition) is 1. The van der Waals surface area contributed by atoms with E-state index < -0.39 is 0 Å². The Kier molecular flexibility index (Phi) is 5.09. The fourth-order valence-corrected chi connectivity index (χ4v) is 0.794. The molecule has 0 N–H and O–H groups in total. The summed E-state index contributed by atoms with van der Waals surface area (Å²) in [4.78, 5) is 0. The van der Waals surface area contributed by atoms with Crippen molar-refractivity contribution in [3.8, 4) is 0 Å². The Labute approximate surface area is 73.2 Å². The second-order valence-electron chi connectivity index (χ2n) is 1.64. The van der Waals surface area contributed by atoms with Crippen molar-refractivity contribution in [2.45, 2.75) is 5.75 Å². The average molecular weight is 132 g/mol. The fraction of sp³-hybridized carbons (Fsp3) is 0.143. The van der Waals surface area contributed by atoms with E-state index >= 15 is 0 Å². The molecule has 0 radical (unpaired) electrons. The SMILES string of the molecule is SCc1ccccc1.[LiH]. The number of benzene rings is 1. The van der Waals surface area contributed by atoms with Crippen LogP contribution < -0.4 is 0 Å². The van der Waals surface area contributed by atoms with E-state index in [1.165, 1.54) is 5.56 Å². The molecule has 1 rings (SSSR count). The van der Waals surface area contributed by atoms with Gasteiger partial charge in [0.15, 0.2) is 0 Å². The average Bonchev–Trinajstić information content (AvgIpc) is 1.90. The summed E-state index contributed by atoms with van der Waals surface area (Å²) < 4.78 is 0. The minimum atomic E-state index is 0. The first kappa shape index (κ1) is 9.17. The minimum absolute atomic E-state index is 0. The van der Waals surface area contributed by atoms with E-state index in [9.17, 15) is 0 Å². The molecular weight excluding hydrogens is 123 g/mol. The van der Waals surface area contributed by atoms with Gasteiger partial charge in [0.2, 0.25) is 0 Å². The number of thiol groups is 1. The van der Waals surface area contributed by atoms with Crippen LogP contribution in [0.25, 0.3) is 0 Å². The molecule has 44 valence electrons. The first-order chi connectivity index (χ1) is 3.93. The van der Waals surface area contributed by atoms with Crippen molar-refractivity contribution in [1.82, 2.24) is 0 Å². The molecule has 1 aromatic carbocycles. The Morgan fingerprint density at radius 2 is 1.67 bits per heavy atom. The van der Waals surface area contributed by atoms with Crippen LogP contribution in [0.1, 0.15) is 5.56 Å². The Morgan fingerprint density at radius 3 is 2.00 bits per heavy atom. The van der Waals surface area contributed by atoms with Crippen molar-refractivity contribution in [2.75, 3.05) is 0 Å². The van der Waals surface area contributed by atoms with Crippen LogP contribution in [0.4, 0.5) is 0 Å². The fourth-order valence-electron chi connectivity index (χ4n) is 0.583. The summed E-state index contributed by atoms with van der Waals surface area (Å²) in [7, 11) is 0. The first-order valence-corrected chi connectivity index (χ1v) is 3.21. The Balaban J connectivity index is 0.000000640. The third-order valence-corrected chi connectivity index (χ3v) is 1.39. The molecule has 0 aliphatic carbocycles. The topological polar surface area (TPSA) is 0 Å². The van der Waals surface area contributed by atoms with E-state index in [2.05, 4.69) is 24.8 Å². The van der Waals surface area contributed by atoms with Gasteiger partial charge in [0.25, 0.3) is 0 Å². The predicted molar refractivity (Wildman–Crippen MR) is 46.3 cm³/mol. The first-order valence-electron chi connectivity index (χ1n) is 2.58. The Bertz CT molecular complexity index is 150. The van der Waals surface area contributed by atoms with Gasteiger partial charge in [0.1, 0.15) is 0 Å². The van der Waals surface area contributed by atoms with Crippen molar-refractivity contribution in [3.63, 3.8) is 0 Å². The molecule has 9 heavy (non-hydrogen) atoms. The summed E-state index contributed by atoms with van der Waals surface area (Å²) >= 11 is 4.11. The summed E-state index contributed by atoms with van der Waals surface area (Å²) in [5, 5.41) is 0. The van der Waals surface area contributed by atoms with Crippen molar-refractivity contribution in [2.24, 2.45) is 0 Å². The molecule has 0 spiro atoms. The summed E-state index contributed by atoms with van der Waals surface area (Å²) in [6.07, 6.45) is 0. The molecule has 0 unspecified atom stereocenters. The van der Waals surface area contributed by atoms with Crippen LogP contribution in [0.5, 0.6) is 0 Å². The third-order valence-electron chi connectivity index (χ3n) is 1.03. The monoisotopic (exact) mass is 132 g/mol. The van der Waals surface area contributed by atoms with Crippen molar-refractivity contribution in [3.05, 3.63) is 35.9 Å². The molecule has 0 aromatic heterocycles. The second kappa shape index (κ2) is 4.99. The van der Waals surface area contributed by atoms with E-state index in [0.717, 1.165) is 5.75 Å². The quantitative estimate of drug-likeness (QED) is 0.434. The van der Waals surface area contributed by atoms with Crippen LogP contribution in [0.3, 0.4) is 0 Å². The zero-order valence-corrected chi connectivity index (χ0v) is 5.44. The van der Waals surface area contributed by atoms with Crippen molar-refractivity contribution < 1.29 is 0 Å². The number of hydrogen-bond donors (Lipinski definition) is 1. The standard InChI is InChI=1S/C7H8S.Li.H/c8-6-7-4-2-1-3-5-7;;/h1-5,8H,6H2;;. The summed E-state index contributed by atoms with van der Waals surface area (Å²) in [5.41, 5.74) is 1.27. The molecule has 0 saturated heterocycles. The van der Waals surface area contributed by atoms with Crippen LogP contribution in [0.2, 0.25) is 0 Å². The molecule has 0 fully saturated rings. The van der Waals surface area contributed by atoms with Crippen LogP contribution in [-0.4, -0.2) is 18.9 Å². The van der Waals surface area contributed by atoms with Gasteiger partial charge in [-0.05, 0) is 5.56 Å². The molecule has 0 bridgehead atoms. The maximum absolute atomic E-state index is 4.11.